The van der Waals surface area contributed by atoms with Crippen LogP contribution in [0.25, 0.3) is 0 Å². The largest absolute Gasteiger partial charge is 0.434 e. The number of nitrogens with zero attached hydrogens (tertiary/aromatic N) is 4. The van der Waals surface area contributed by atoms with E-state index in [9.17, 15) is 0 Å². The summed E-state index contributed by atoms with van der Waals surface area (Å²) in [5.41, 5.74) is 8.43. The molecule has 0 atom stereocenters. The summed E-state index contributed by atoms with van der Waals surface area (Å²) in [5.74, 6) is 0.933. The molecule has 21 heavy (non-hydrogen) atoms. The van der Waals surface area contributed by atoms with Crippen molar-refractivity contribution in [2.45, 2.75) is 40.2 Å². The molecule has 0 aliphatic carbocycles. The van der Waals surface area contributed by atoms with Gasteiger partial charge >= 0.3 is 0 Å². The van der Waals surface area contributed by atoms with Crippen molar-refractivity contribution in [2.24, 2.45) is 5.73 Å². The second-order valence-corrected chi connectivity index (χ2v) is 4.95. The maximum absolute atomic E-state index is 5.86. The number of nitrogens with two attached hydrogens (primary N) is 1. The highest BCUT2D eigenvalue weighted by Crippen LogP contribution is 2.27. The fraction of sp³-hybridized carbons (Fsp3) is 0.429. The molecule has 2 aromatic heterocycles. The van der Waals surface area contributed by atoms with Gasteiger partial charge in [-0.05, 0) is 25.3 Å². The number of hydrogen-bond acceptors (Lipinski definition) is 5. The van der Waals surface area contributed by atoms with E-state index in [1.807, 2.05) is 20.8 Å². The van der Waals surface area contributed by atoms with Crippen molar-refractivity contribution >= 4 is 17.2 Å². The topological polar surface area (TPSA) is 78.9 Å². The summed E-state index contributed by atoms with van der Waals surface area (Å²) < 4.78 is 7.54. The Morgan fingerprint density at radius 3 is 2.57 bits per heavy atom. The van der Waals surface area contributed by atoms with E-state index < -0.39 is 0 Å². The molecule has 2 N–H and O–H groups in total. The molecular weight excluding hydrogens is 286 g/mol. The zero-order valence-corrected chi connectivity index (χ0v) is 13.3. The Kier molecular flexibility index (Phi) is 4.85. The van der Waals surface area contributed by atoms with E-state index in [4.69, 9.17) is 22.7 Å². The average Bonchev–Trinajstić information content (AvgIpc) is 2.93. The first kappa shape index (κ1) is 15.4. The Hall–Kier alpha value is -2.02. The van der Waals surface area contributed by atoms with Gasteiger partial charge in [0.1, 0.15) is 4.99 Å². The van der Waals surface area contributed by atoms with E-state index in [0.717, 1.165) is 30.6 Å². The Bertz CT molecular complexity index is 653. The van der Waals surface area contributed by atoms with Gasteiger partial charge in [-0.25, -0.2) is 0 Å². The summed E-state index contributed by atoms with van der Waals surface area (Å²) in [5, 5.41) is 12.5. The Morgan fingerprint density at radius 2 is 2.05 bits per heavy atom. The molecule has 2 heterocycles. The highest BCUT2D eigenvalue weighted by Gasteiger charge is 2.18. The van der Waals surface area contributed by atoms with E-state index in [1.165, 1.54) is 0 Å². The lowest BCUT2D eigenvalue weighted by Gasteiger charge is -2.13. The standard InChI is InChI=1S/C14H19N5OS/c1-4-10-11(5-2)17-18-14(12(10)13(15)21)20-9-7-16-19(6-3)8-9/h7-8H,4-6H2,1-3H3,(H2,15,21). The van der Waals surface area contributed by atoms with Gasteiger partial charge < -0.3 is 10.5 Å². The summed E-state index contributed by atoms with van der Waals surface area (Å²) in [4.78, 5) is 0.273. The first-order valence-electron chi connectivity index (χ1n) is 6.99. The van der Waals surface area contributed by atoms with Crippen LogP contribution in [0.4, 0.5) is 0 Å². The van der Waals surface area contributed by atoms with Gasteiger partial charge in [0.05, 0.1) is 23.7 Å². The Balaban J connectivity index is 2.45. The molecule has 0 fully saturated rings. The fourth-order valence-corrected chi connectivity index (χ4v) is 2.37. The van der Waals surface area contributed by atoms with Crippen LogP contribution < -0.4 is 10.5 Å². The van der Waals surface area contributed by atoms with Crippen molar-refractivity contribution in [2.75, 3.05) is 0 Å². The molecule has 0 aliphatic rings. The van der Waals surface area contributed by atoms with Crippen LogP contribution in [-0.4, -0.2) is 25.0 Å². The molecule has 2 aromatic rings. The molecule has 6 nitrogen and oxygen atoms in total. The van der Waals surface area contributed by atoms with Crippen LogP contribution in [0.3, 0.4) is 0 Å². The van der Waals surface area contributed by atoms with E-state index >= 15 is 0 Å². The Morgan fingerprint density at radius 1 is 1.29 bits per heavy atom. The maximum Gasteiger partial charge on any atom is 0.249 e. The van der Waals surface area contributed by atoms with Gasteiger partial charge in [0.25, 0.3) is 0 Å². The summed E-state index contributed by atoms with van der Waals surface area (Å²) >= 11 is 5.16. The van der Waals surface area contributed by atoms with Gasteiger partial charge in [0.15, 0.2) is 5.75 Å². The van der Waals surface area contributed by atoms with Crippen LogP contribution in [-0.2, 0) is 19.4 Å². The Labute approximate surface area is 129 Å². The van der Waals surface area contributed by atoms with Crippen molar-refractivity contribution < 1.29 is 4.74 Å². The molecule has 0 amide bonds. The zero-order valence-electron chi connectivity index (χ0n) is 12.5. The molecular formula is C14H19N5OS. The number of rotatable bonds is 6. The lowest BCUT2D eigenvalue weighted by Crippen LogP contribution is -2.17. The number of hydrogen-bond donors (Lipinski definition) is 1. The highest BCUT2D eigenvalue weighted by molar-refractivity contribution is 7.80. The van der Waals surface area contributed by atoms with Crippen molar-refractivity contribution in [3.8, 4) is 11.6 Å². The lowest BCUT2D eigenvalue weighted by molar-refractivity contribution is 0.450. The van der Waals surface area contributed by atoms with Gasteiger partial charge in [0, 0.05) is 6.54 Å². The normalized spacial score (nSPS) is 10.6. The van der Waals surface area contributed by atoms with Gasteiger partial charge in [-0.1, -0.05) is 26.1 Å². The van der Waals surface area contributed by atoms with Crippen molar-refractivity contribution in [3.05, 3.63) is 29.2 Å². The predicted molar refractivity (Wildman–Crippen MR) is 84.7 cm³/mol. The highest BCUT2D eigenvalue weighted by atomic mass is 32.1. The maximum atomic E-state index is 5.86. The quantitative estimate of drug-likeness (QED) is 0.825. The van der Waals surface area contributed by atoms with Crippen LogP contribution in [0.5, 0.6) is 11.6 Å². The molecule has 0 saturated carbocycles. The van der Waals surface area contributed by atoms with Crippen molar-refractivity contribution in [1.29, 1.82) is 0 Å². The number of ether oxygens (including phenoxy) is 1. The summed E-state index contributed by atoms with van der Waals surface area (Å²) in [6, 6.07) is 0. The van der Waals surface area contributed by atoms with Crippen LogP contribution in [0.15, 0.2) is 12.4 Å². The summed E-state index contributed by atoms with van der Waals surface area (Å²) in [7, 11) is 0. The number of aromatic nitrogens is 4. The third kappa shape index (κ3) is 3.18. The first-order valence-corrected chi connectivity index (χ1v) is 7.39. The molecule has 0 unspecified atom stereocenters. The predicted octanol–water partition coefficient (Wildman–Crippen LogP) is 2.24. The molecule has 0 bridgehead atoms. The molecule has 2 rings (SSSR count). The van der Waals surface area contributed by atoms with Gasteiger partial charge in [0.2, 0.25) is 5.88 Å². The van der Waals surface area contributed by atoms with Gasteiger partial charge in [-0.2, -0.15) is 10.2 Å². The number of aryl methyl sites for hydroxylation is 2. The monoisotopic (exact) mass is 305 g/mol. The van der Waals surface area contributed by atoms with E-state index in [1.54, 1.807) is 17.1 Å². The second kappa shape index (κ2) is 6.62. The van der Waals surface area contributed by atoms with Crippen LogP contribution in [0, 0.1) is 0 Å². The SMILES string of the molecule is CCc1nnc(Oc2cnn(CC)c2)c(C(N)=S)c1CC. The molecule has 0 aromatic carbocycles. The average molecular weight is 305 g/mol. The molecule has 0 spiro atoms. The molecule has 0 saturated heterocycles. The molecule has 7 heteroatoms. The minimum absolute atomic E-state index is 0.273. The van der Waals surface area contributed by atoms with Crippen molar-refractivity contribution in [3.63, 3.8) is 0 Å². The number of thiocarbonyl (C=S) groups is 1. The van der Waals surface area contributed by atoms with Gasteiger partial charge in [-0.15, -0.1) is 5.10 Å². The van der Waals surface area contributed by atoms with Crippen LogP contribution in [0.2, 0.25) is 0 Å². The third-order valence-corrected chi connectivity index (χ3v) is 3.41. The third-order valence-electron chi connectivity index (χ3n) is 3.21. The molecule has 0 radical (unpaired) electrons. The minimum atomic E-state index is 0.273. The molecule has 0 aliphatic heterocycles. The molecule has 112 valence electrons. The fourth-order valence-electron chi connectivity index (χ4n) is 2.16. The van der Waals surface area contributed by atoms with E-state index in [2.05, 4.69) is 15.3 Å². The zero-order chi connectivity index (χ0) is 15.4. The van der Waals surface area contributed by atoms with E-state index in [0.29, 0.717) is 17.2 Å². The second-order valence-electron chi connectivity index (χ2n) is 4.51. The lowest BCUT2D eigenvalue weighted by atomic mass is 10.0. The van der Waals surface area contributed by atoms with Crippen LogP contribution >= 0.6 is 12.2 Å². The summed E-state index contributed by atoms with van der Waals surface area (Å²) in [6.07, 6.45) is 4.98. The minimum Gasteiger partial charge on any atom is -0.434 e. The summed E-state index contributed by atoms with van der Waals surface area (Å²) in [6.45, 7) is 6.84. The van der Waals surface area contributed by atoms with Crippen molar-refractivity contribution in [1.82, 2.24) is 20.0 Å². The smallest absolute Gasteiger partial charge is 0.249 e. The van der Waals surface area contributed by atoms with Crippen LogP contribution in [0.1, 0.15) is 37.6 Å². The van der Waals surface area contributed by atoms with E-state index in [-0.39, 0.29) is 4.99 Å². The van der Waals surface area contributed by atoms with Gasteiger partial charge in [-0.3, -0.25) is 4.68 Å². The first-order chi connectivity index (χ1) is 10.1.